The largest absolute Gasteiger partial charge is 0.457 e. The van der Waals surface area contributed by atoms with Crippen molar-refractivity contribution < 1.29 is 17.9 Å². The van der Waals surface area contributed by atoms with Gasteiger partial charge >= 0.3 is 0 Å². The first kappa shape index (κ1) is 23.4. The zero-order valence-corrected chi connectivity index (χ0v) is 20.9. The maximum absolute atomic E-state index is 13.1. The molecular weight excluding hydrogens is 464 g/mol. The molecule has 1 unspecified atom stereocenters. The Kier molecular flexibility index (Phi) is 6.27. The van der Waals surface area contributed by atoms with E-state index in [4.69, 9.17) is 9.84 Å². The van der Waals surface area contributed by atoms with Crippen LogP contribution in [0.3, 0.4) is 0 Å². The number of aryl methyl sites for hydroxylation is 1. The number of benzene rings is 2. The summed E-state index contributed by atoms with van der Waals surface area (Å²) >= 11 is 0. The summed E-state index contributed by atoms with van der Waals surface area (Å²) in [4.78, 5) is 17.2. The molecule has 8 nitrogen and oxygen atoms in total. The van der Waals surface area contributed by atoms with E-state index in [1.54, 1.807) is 12.1 Å². The first-order valence-corrected chi connectivity index (χ1v) is 13.8. The van der Waals surface area contributed by atoms with Crippen molar-refractivity contribution in [2.45, 2.75) is 26.3 Å². The smallest absolute Gasteiger partial charge is 0.253 e. The third kappa shape index (κ3) is 4.91. The van der Waals surface area contributed by atoms with Crippen LogP contribution in [-0.4, -0.2) is 66.7 Å². The fraction of sp³-hybridized carbons (Fsp3) is 0.385. The van der Waals surface area contributed by atoms with Gasteiger partial charge in [-0.3, -0.25) is 9.48 Å². The average Bonchev–Trinajstić information content (AvgIpc) is 3.37. The van der Waals surface area contributed by atoms with Gasteiger partial charge in [-0.25, -0.2) is 8.42 Å². The van der Waals surface area contributed by atoms with E-state index in [-0.39, 0.29) is 23.5 Å². The Hall–Kier alpha value is -3.33. The Morgan fingerprint density at radius 2 is 1.60 bits per heavy atom. The zero-order valence-electron chi connectivity index (χ0n) is 20.1. The molecule has 2 aliphatic heterocycles. The first-order chi connectivity index (χ1) is 16.8. The number of rotatable bonds is 5. The summed E-state index contributed by atoms with van der Waals surface area (Å²) in [5.41, 5.74) is 3.60. The predicted octanol–water partition coefficient (Wildman–Crippen LogP) is 3.61. The van der Waals surface area contributed by atoms with Gasteiger partial charge in [-0.2, -0.15) is 5.10 Å². The van der Waals surface area contributed by atoms with E-state index in [1.165, 1.54) is 0 Å². The summed E-state index contributed by atoms with van der Waals surface area (Å²) in [5, 5.41) is 4.69. The number of anilines is 1. The van der Waals surface area contributed by atoms with Crippen LogP contribution in [-0.2, 0) is 9.84 Å². The highest BCUT2D eigenvalue weighted by Crippen LogP contribution is 2.32. The molecule has 3 aromatic rings. The topological polar surface area (TPSA) is 84.7 Å². The summed E-state index contributed by atoms with van der Waals surface area (Å²) in [6.45, 7) is 6.62. The zero-order chi connectivity index (χ0) is 24.6. The molecule has 1 amide bonds. The van der Waals surface area contributed by atoms with E-state index in [0.717, 1.165) is 22.8 Å². The molecule has 1 atom stereocenters. The van der Waals surface area contributed by atoms with Crippen LogP contribution in [0.4, 0.5) is 5.69 Å². The molecule has 0 spiro atoms. The highest BCUT2D eigenvalue weighted by molar-refractivity contribution is 7.91. The van der Waals surface area contributed by atoms with Crippen molar-refractivity contribution in [2.75, 3.05) is 42.6 Å². The van der Waals surface area contributed by atoms with Gasteiger partial charge in [0.25, 0.3) is 5.91 Å². The fourth-order valence-electron chi connectivity index (χ4n) is 5.04. The molecule has 0 aliphatic carbocycles. The lowest BCUT2D eigenvalue weighted by Crippen LogP contribution is -2.49. The molecule has 1 aromatic heterocycles. The van der Waals surface area contributed by atoms with E-state index in [0.29, 0.717) is 43.9 Å². The molecule has 3 heterocycles. The number of aromatic nitrogens is 2. The molecule has 2 aliphatic rings. The summed E-state index contributed by atoms with van der Waals surface area (Å²) in [6.07, 6.45) is 0.612. The maximum atomic E-state index is 13.1. The standard InChI is InChI=1S/C26H30N4O4S/c1-19-25(20(2)30(27-19)22-12-17-35(32,33)18-22)28-13-15-29(16-14-28)26(31)21-8-10-24(11-9-21)34-23-6-4-3-5-7-23/h3-11,22H,12-18H2,1-2H3. The minimum atomic E-state index is -2.98. The number of para-hydroxylation sites is 1. The van der Waals surface area contributed by atoms with Crippen molar-refractivity contribution in [3.05, 3.63) is 71.5 Å². The van der Waals surface area contributed by atoms with Crippen LogP contribution in [0, 0.1) is 13.8 Å². The van der Waals surface area contributed by atoms with Crippen molar-refractivity contribution in [3.8, 4) is 11.5 Å². The van der Waals surface area contributed by atoms with Gasteiger partial charge in [0.15, 0.2) is 9.84 Å². The van der Waals surface area contributed by atoms with Gasteiger partial charge in [-0.05, 0) is 56.7 Å². The molecule has 35 heavy (non-hydrogen) atoms. The fourth-order valence-corrected chi connectivity index (χ4v) is 6.73. The summed E-state index contributed by atoms with van der Waals surface area (Å²) in [5.74, 6) is 1.84. The molecular formula is C26H30N4O4S. The Morgan fingerprint density at radius 3 is 2.23 bits per heavy atom. The molecule has 9 heteroatoms. The second kappa shape index (κ2) is 9.37. The number of amides is 1. The van der Waals surface area contributed by atoms with Gasteiger partial charge in [0.05, 0.1) is 34.6 Å². The van der Waals surface area contributed by atoms with Crippen molar-refractivity contribution in [2.24, 2.45) is 0 Å². The number of carbonyl (C=O) groups is 1. The highest BCUT2D eigenvalue weighted by atomic mass is 32.2. The Morgan fingerprint density at radius 1 is 0.943 bits per heavy atom. The second-order valence-corrected chi connectivity index (χ2v) is 11.5. The van der Waals surface area contributed by atoms with Gasteiger partial charge in [0, 0.05) is 31.7 Å². The van der Waals surface area contributed by atoms with E-state index in [2.05, 4.69) is 4.90 Å². The van der Waals surface area contributed by atoms with Crippen LogP contribution in [0.2, 0.25) is 0 Å². The number of sulfone groups is 1. The Labute approximate surface area is 206 Å². The van der Waals surface area contributed by atoms with Gasteiger partial charge in [-0.15, -0.1) is 0 Å². The van der Waals surface area contributed by atoms with Gasteiger partial charge in [-0.1, -0.05) is 18.2 Å². The lowest BCUT2D eigenvalue weighted by Gasteiger charge is -2.36. The normalized spacial score (nSPS) is 19.7. The minimum absolute atomic E-state index is 0.0104. The summed E-state index contributed by atoms with van der Waals surface area (Å²) in [7, 11) is -2.98. The number of hydrogen-bond acceptors (Lipinski definition) is 6. The molecule has 0 bridgehead atoms. The SMILES string of the molecule is Cc1nn(C2CCS(=O)(=O)C2)c(C)c1N1CCN(C(=O)c2ccc(Oc3ccccc3)cc2)CC1. The average molecular weight is 495 g/mol. The number of piperazine rings is 1. The predicted molar refractivity (Wildman–Crippen MR) is 135 cm³/mol. The van der Waals surface area contributed by atoms with E-state index in [1.807, 2.05) is 65.9 Å². The molecule has 0 saturated carbocycles. The van der Waals surface area contributed by atoms with Crippen LogP contribution >= 0.6 is 0 Å². The van der Waals surface area contributed by atoms with Crippen LogP contribution in [0.5, 0.6) is 11.5 Å². The van der Waals surface area contributed by atoms with E-state index in [9.17, 15) is 13.2 Å². The van der Waals surface area contributed by atoms with Gasteiger partial charge in [0.2, 0.25) is 0 Å². The number of ether oxygens (including phenoxy) is 1. The van der Waals surface area contributed by atoms with Crippen molar-refractivity contribution in [1.82, 2.24) is 14.7 Å². The Bertz CT molecular complexity index is 1310. The van der Waals surface area contributed by atoms with E-state index >= 15 is 0 Å². The van der Waals surface area contributed by atoms with E-state index < -0.39 is 9.84 Å². The van der Waals surface area contributed by atoms with Crippen LogP contribution in [0.25, 0.3) is 0 Å². The number of nitrogens with zero attached hydrogens (tertiary/aromatic N) is 4. The molecule has 5 rings (SSSR count). The van der Waals surface area contributed by atoms with Gasteiger partial charge in [0.1, 0.15) is 11.5 Å². The van der Waals surface area contributed by atoms with Crippen LogP contribution in [0.15, 0.2) is 54.6 Å². The number of carbonyl (C=O) groups excluding carboxylic acids is 1. The third-order valence-electron chi connectivity index (χ3n) is 6.80. The number of hydrogen-bond donors (Lipinski definition) is 0. The first-order valence-electron chi connectivity index (χ1n) is 11.9. The van der Waals surface area contributed by atoms with Crippen molar-refractivity contribution >= 4 is 21.4 Å². The van der Waals surface area contributed by atoms with Gasteiger partial charge < -0.3 is 14.5 Å². The van der Waals surface area contributed by atoms with Crippen molar-refractivity contribution in [3.63, 3.8) is 0 Å². The molecule has 0 N–H and O–H groups in total. The molecule has 2 fully saturated rings. The summed E-state index contributed by atoms with van der Waals surface area (Å²) in [6, 6.07) is 16.7. The third-order valence-corrected chi connectivity index (χ3v) is 8.55. The highest BCUT2D eigenvalue weighted by Gasteiger charge is 2.33. The van der Waals surface area contributed by atoms with Crippen LogP contribution < -0.4 is 9.64 Å². The van der Waals surface area contributed by atoms with Crippen LogP contribution in [0.1, 0.15) is 34.2 Å². The Balaban J connectivity index is 1.22. The van der Waals surface area contributed by atoms with Crippen molar-refractivity contribution in [1.29, 1.82) is 0 Å². The molecule has 184 valence electrons. The summed E-state index contributed by atoms with van der Waals surface area (Å²) < 4.78 is 31.6. The monoisotopic (exact) mass is 494 g/mol. The quantitative estimate of drug-likeness (QED) is 0.539. The lowest BCUT2D eigenvalue weighted by molar-refractivity contribution is 0.0746. The maximum Gasteiger partial charge on any atom is 0.253 e. The molecule has 2 aromatic carbocycles. The minimum Gasteiger partial charge on any atom is -0.457 e. The second-order valence-electron chi connectivity index (χ2n) is 9.24. The molecule has 2 saturated heterocycles. The lowest BCUT2D eigenvalue weighted by atomic mass is 10.1. The molecule has 0 radical (unpaired) electrons.